The number of fused-ring (bicyclic) bond motifs is 3. The number of rotatable bonds is 4. The minimum absolute atomic E-state index is 0.0621. The van der Waals surface area contributed by atoms with Gasteiger partial charge in [-0.25, -0.2) is 4.79 Å². The summed E-state index contributed by atoms with van der Waals surface area (Å²) in [6, 6.07) is 1.73. The van der Waals surface area contributed by atoms with Crippen LogP contribution in [0.15, 0.2) is 23.0 Å². The normalized spacial score (nSPS) is 46.1. The summed E-state index contributed by atoms with van der Waals surface area (Å²) in [6.45, 7) is 8.79. The molecule has 3 saturated carbocycles. The average molecular weight is 545 g/mol. The van der Waals surface area contributed by atoms with Gasteiger partial charge in [-0.15, -0.1) is 0 Å². The second-order valence-corrected chi connectivity index (χ2v) is 13.2. The fourth-order valence-electron chi connectivity index (χ4n) is 9.84. The molecule has 0 radical (unpaired) electrons. The van der Waals surface area contributed by atoms with Crippen LogP contribution in [-0.4, -0.2) is 59.3 Å². The Balaban J connectivity index is 1.55. The van der Waals surface area contributed by atoms with Crippen LogP contribution in [0.25, 0.3) is 0 Å². The average Bonchev–Trinajstić information content (AvgIpc) is 3.50. The molecule has 3 bridgehead atoms. The molecule has 1 unspecified atom stereocenters. The quantitative estimate of drug-likeness (QED) is 0.445. The first-order valence-electron chi connectivity index (χ1n) is 13.6. The van der Waals surface area contributed by atoms with Gasteiger partial charge in [0.05, 0.1) is 32.2 Å². The molecule has 0 amide bonds. The number of Topliss-reactive ketones (excluding diaryl/α,β-unsaturated/α-hetero) is 1. The molecule has 0 aromatic carbocycles. The Morgan fingerprint density at radius 1 is 1.18 bits per heavy atom. The van der Waals surface area contributed by atoms with E-state index in [0.717, 1.165) is 0 Å². The van der Waals surface area contributed by atoms with Crippen LogP contribution in [0, 0.1) is 34.0 Å². The van der Waals surface area contributed by atoms with Crippen molar-refractivity contribution in [1.82, 2.24) is 0 Å². The summed E-state index contributed by atoms with van der Waals surface area (Å²) >= 11 is 0. The SMILES string of the molecule is COC(=O)C(OC(C)=O)[C@H]1C(C)(C)[C@@H]2O[C@@]34C[C@@H]2C(=O)[C@@]1(C)[C@H]3CC[C@@]1(C)[C@H](c2ccoc2)OC(=O)C[C@]14O. The molecular formula is C29H36O10. The fourth-order valence-corrected chi connectivity index (χ4v) is 9.84. The van der Waals surface area contributed by atoms with E-state index in [1.165, 1.54) is 26.6 Å². The zero-order chi connectivity index (χ0) is 28.3. The number of furan rings is 1. The Hall–Kier alpha value is -2.72. The highest BCUT2D eigenvalue weighted by Crippen LogP contribution is 2.77. The van der Waals surface area contributed by atoms with Crippen molar-refractivity contribution in [3.8, 4) is 0 Å². The Morgan fingerprint density at radius 2 is 1.90 bits per heavy atom. The van der Waals surface area contributed by atoms with Crippen molar-refractivity contribution in [3.63, 3.8) is 0 Å². The van der Waals surface area contributed by atoms with Crippen LogP contribution >= 0.6 is 0 Å². The van der Waals surface area contributed by atoms with Gasteiger partial charge >= 0.3 is 17.9 Å². The van der Waals surface area contributed by atoms with Crippen molar-refractivity contribution in [2.75, 3.05) is 7.11 Å². The molecule has 1 aromatic heterocycles. The number of hydrogen-bond acceptors (Lipinski definition) is 10. The second kappa shape index (κ2) is 7.94. The summed E-state index contributed by atoms with van der Waals surface area (Å²) in [5, 5.41) is 12.9. The van der Waals surface area contributed by atoms with Crippen LogP contribution in [-0.2, 0) is 38.1 Å². The molecule has 5 fully saturated rings. The largest absolute Gasteiger partial charge is 0.472 e. The summed E-state index contributed by atoms with van der Waals surface area (Å²) in [5.41, 5.74) is -5.27. The monoisotopic (exact) mass is 544 g/mol. The Kier molecular flexibility index (Phi) is 5.39. The predicted molar refractivity (Wildman–Crippen MR) is 132 cm³/mol. The number of aliphatic hydroxyl groups is 1. The molecule has 1 spiro atoms. The highest BCUT2D eigenvalue weighted by molar-refractivity contribution is 5.93. The number of hydrogen-bond donors (Lipinski definition) is 1. The lowest BCUT2D eigenvalue weighted by molar-refractivity contribution is -0.317. The van der Waals surface area contributed by atoms with Gasteiger partial charge in [0.25, 0.3) is 0 Å². The van der Waals surface area contributed by atoms with E-state index in [9.17, 15) is 24.3 Å². The zero-order valence-corrected chi connectivity index (χ0v) is 23.1. The Labute approximate surface area is 226 Å². The van der Waals surface area contributed by atoms with Crippen LogP contribution in [0.2, 0.25) is 0 Å². The molecule has 10 nitrogen and oxygen atoms in total. The first kappa shape index (κ1) is 26.5. The van der Waals surface area contributed by atoms with Crippen molar-refractivity contribution in [1.29, 1.82) is 0 Å². The van der Waals surface area contributed by atoms with Crippen LogP contribution in [0.1, 0.15) is 72.0 Å². The maximum atomic E-state index is 14.3. The van der Waals surface area contributed by atoms with E-state index in [1.807, 2.05) is 27.7 Å². The standard InChI is InChI=1S/C29H36O10/c1-14(30)37-19(24(33)35-6)20-25(2,3)23-16-11-28(39-23)17(27(20,5)21(16)32)7-9-26(4)22(15-8-10-36-13-15)38-18(31)12-29(26,28)34/h8,10,13,16-17,19-20,22-23,34H,7,9,11-12H2,1-6H3/t16-,17-,19?,20+,22+,23-,26+,27+,28+,29+/m1/s1. The molecule has 10 heteroatoms. The molecular weight excluding hydrogens is 508 g/mol. The van der Waals surface area contributed by atoms with Gasteiger partial charge in [0, 0.05) is 41.1 Å². The fraction of sp³-hybridized carbons (Fsp3) is 0.724. The van der Waals surface area contributed by atoms with Gasteiger partial charge in [-0.05, 0) is 30.7 Å². The summed E-state index contributed by atoms with van der Waals surface area (Å²) in [6.07, 6.45) is 1.11. The lowest BCUT2D eigenvalue weighted by atomic mass is 9.36. The van der Waals surface area contributed by atoms with Crippen LogP contribution < -0.4 is 0 Å². The second-order valence-electron chi connectivity index (χ2n) is 13.2. The molecule has 10 atom stereocenters. The number of methoxy groups -OCH3 is 1. The lowest BCUT2D eigenvalue weighted by Gasteiger charge is -2.68. The van der Waals surface area contributed by atoms with E-state index in [-0.39, 0.29) is 18.6 Å². The van der Waals surface area contributed by atoms with Gasteiger partial charge < -0.3 is 28.5 Å². The van der Waals surface area contributed by atoms with Gasteiger partial charge in [0.2, 0.25) is 6.10 Å². The minimum Gasteiger partial charge on any atom is -0.472 e. The minimum atomic E-state index is -1.68. The predicted octanol–water partition coefficient (Wildman–Crippen LogP) is 2.91. The maximum Gasteiger partial charge on any atom is 0.347 e. The highest BCUT2D eigenvalue weighted by Gasteiger charge is 2.85. The van der Waals surface area contributed by atoms with Crippen molar-refractivity contribution in [2.45, 2.75) is 89.8 Å². The van der Waals surface area contributed by atoms with Crippen molar-refractivity contribution in [3.05, 3.63) is 24.2 Å². The number of cyclic esters (lactones) is 1. The summed E-state index contributed by atoms with van der Waals surface area (Å²) in [7, 11) is 1.22. The molecule has 2 saturated heterocycles. The molecule has 212 valence electrons. The molecule has 3 aliphatic carbocycles. The lowest BCUT2D eigenvalue weighted by Crippen LogP contribution is -2.77. The van der Waals surface area contributed by atoms with Crippen LogP contribution in [0.5, 0.6) is 0 Å². The summed E-state index contributed by atoms with van der Waals surface area (Å²) < 4.78 is 28.8. The van der Waals surface area contributed by atoms with E-state index >= 15 is 0 Å². The number of ketones is 1. The van der Waals surface area contributed by atoms with Gasteiger partial charge in [-0.2, -0.15) is 0 Å². The van der Waals surface area contributed by atoms with E-state index in [0.29, 0.717) is 18.4 Å². The van der Waals surface area contributed by atoms with E-state index in [1.54, 1.807) is 6.07 Å². The van der Waals surface area contributed by atoms with Crippen LogP contribution in [0.3, 0.4) is 0 Å². The zero-order valence-electron chi connectivity index (χ0n) is 23.1. The molecule has 1 aromatic rings. The van der Waals surface area contributed by atoms with Gasteiger partial charge in [0.1, 0.15) is 23.1 Å². The molecule has 39 heavy (non-hydrogen) atoms. The molecule has 5 aliphatic rings. The van der Waals surface area contributed by atoms with Crippen molar-refractivity contribution >= 4 is 23.7 Å². The Morgan fingerprint density at radius 3 is 2.51 bits per heavy atom. The van der Waals surface area contributed by atoms with Gasteiger partial charge in [-0.1, -0.05) is 27.7 Å². The van der Waals surface area contributed by atoms with Gasteiger partial charge in [-0.3, -0.25) is 14.4 Å². The van der Waals surface area contributed by atoms with E-state index in [4.69, 9.17) is 23.4 Å². The topological polar surface area (TPSA) is 139 Å². The van der Waals surface area contributed by atoms with Crippen molar-refractivity contribution < 1.29 is 47.6 Å². The maximum absolute atomic E-state index is 14.3. The molecule has 1 N–H and O–H groups in total. The van der Waals surface area contributed by atoms with Crippen molar-refractivity contribution in [2.24, 2.45) is 34.0 Å². The third-order valence-electron chi connectivity index (χ3n) is 11.3. The first-order valence-corrected chi connectivity index (χ1v) is 13.6. The number of esters is 3. The molecule has 3 heterocycles. The van der Waals surface area contributed by atoms with E-state index in [2.05, 4.69) is 0 Å². The third-order valence-corrected chi connectivity index (χ3v) is 11.3. The van der Waals surface area contributed by atoms with E-state index < -0.39 is 81.4 Å². The summed E-state index contributed by atoms with van der Waals surface area (Å²) in [4.78, 5) is 52.7. The summed E-state index contributed by atoms with van der Waals surface area (Å²) in [5.74, 6) is -3.91. The third kappa shape index (κ3) is 2.94. The van der Waals surface area contributed by atoms with Crippen LogP contribution in [0.4, 0.5) is 0 Å². The smallest absolute Gasteiger partial charge is 0.347 e. The molecule has 2 aliphatic heterocycles. The molecule has 6 rings (SSSR count). The Bertz CT molecular complexity index is 1250. The number of carbonyl (C=O) groups is 4. The van der Waals surface area contributed by atoms with Gasteiger partial charge in [0.15, 0.2) is 0 Å². The highest BCUT2D eigenvalue weighted by atomic mass is 16.6. The number of carbonyl (C=O) groups excluding carboxylic acids is 4. The first-order chi connectivity index (χ1) is 18.2. The number of ether oxygens (including phenoxy) is 4.